The van der Waals surface area contributed by atoms with Crippen molar-refractivity contribution < 1.29 is 195 Å². The van der Waals surface area contributed by atoms with E-state index in [1.54, 1.807) is 0 Å². The third-order valence-electron chi connectivity index (χ3n) is 23.8. The molecule has 0 aliphatic carbocycles. The fraction of sp³-hybridized carbons (Fsp3) is 0.759. The molecular formula is C87H147N21O40. The van der Waals surface area contributed by atoms with Gasteiger partial charge in [-0.3, -0.25) is 101 Å². The van der Waals surface area contributed by atoms with E-state index in [0.717, 1.165) is 62.3 Å². The third-order valence-corrected chi connectivity index (χ3v) is 23.8. The van der Waals surface area contributed by atoms with Crippen LogP contribution in [-0.4, -0.2) is 433 Å². The van der Waals surface area contributed by atoms with Crippen molar-refractivity contribution in [3.05, 3.63) is 0 Å². The monoisotopic (exact) mass is 2130 g/mol. The van der Waals surface area contributed by atoms with Gasteiger partial charge in [-0.1, -0.05) is 0 Å². The van der Waals surface area contributed by atoms with E-state index in [-0.39, 0.29) is 51.6 Å². The molecule has 840 valence electrons. The number of nitrogens with one attached hydrogen (secondary N) is 18. The maximum Gasteiger partial charge on any atom is 0.325 e. The molecule has 0 saturated carbocycles. The molecular weight excluding hydrogens is 1980 g/mol. The van der Waals surface area contributed by atoms with Crippen LogP contribution in [0.2, 0.25) is 0 Å². The second kappa shape index (κ2) is 61.9. The lowest BCUT2D eigenvalue weighted by Crippen LogP contribution is -2.70. The zero-order chi connectivity index (χ0) is 112. The van der Waals surface area contributed by atoms with E-state index in [9.17, 15) is 157 Å². The molecule has 35 N–H and O–H groups in total. The van der Waals surface area contributed by atoms with Crippen molar-refractivity contribution in [3.63, 3.8) is 0 Å². The summed E-state index contributed by atoms with van der Waals surface area (Å²) in [6.45, 7) is 13.8. The number of rotatable bonds is 59. The molecule has 148 heavy (non-hydrogen) atoms. The molecule has 61 heteroatoms. The number of hydrogen-bond acceptors (Lipinski definition) is 40. The van der Waals surface area contributed by atoms with E-state index >= 15 is 0 Å². The minimum atomic E-state index is -1.97. The van der Waals surface area contributed by atoms with E-state index in [1.807, 2.05) is 0 Å². The van der Waals surface area contributed by atoms with Crippen LogP contribution in [0.4, 0.5) is 0 Å². The highest BCUT2D eigenvalue weighted by molar-refractivity contribution is 5.98. The standard InChI is InChI=1S/C87H147N21O40/c1-32(88)71(125)93-33(2)72(126)91-26-18-16-20-49(105-55(117)24-22-47(69(89)123)107-77(131)38(7)96-79(133)41(10)141-67-59(103-45(14)115)84(139)143-53(30-111)65(67)147-86-57(101-43(12)113)63(121)61(119)51(28-109)145-86)81(135)98-36(5)75(129)95-35(4)74(128)94-34(3)73(127)92-27-19-17-21-50(82(136)99-37(6)76(130)100-40(9)83(137)138)106-56(118)25-23-48(70(90)124)108-78(132)39(8)97-80(134)42(11)142-68-60(104-46(15)116)85(140)144-54(31-112)66(68)148-87-58(102-44(13)114)64(122)62(120)52(29-110)146-87/h32-42,47-54,57-68,84-87,109-112,119-122,139-140H,16-31,88H2,1-15H3,(H2,89,123)(H2,90,124)(H,91,126)(H,92,127)(H,93,125)(H,94,128)(H,95,129)(H,96,133)(H,97,134)(H,98,135)(H,99,136)(H,100,130)(H,101,113)(H,102,114)(H,103,115)(H,104,116)(H,105,117)(H,106,118)(H,107,131)(H,108,132)(H,137,138). The Bertz CT molecular complexity index is 4530. The highest BCUT2D eigenvalue weighted by atomic mass is 16.7. The number of ether oxygens (including phenoxy) is 8. The molecule has 4 rings (SSSR count). The van der Waals surface area contributed by atoms with Crippen LogP contribution in [-0.2, 0) is 139 Å². The normalized spacial score (nSPS) is 26.7. The number of carboxylic acid groups (broad SMARTS) is 1. The zero-order valence-electron chi connectivity index (χ0n) is 84.5. The van der Waals surface area contributed by atoms with Crippen molar-refractivity contribution in [3.8, 4) is 0 Å². The molecule has 4 aliphatic rings. The fourth-order valence-corrected chi connectivity index (χ4v) is 15.3. The molecule has 4 aliphatic heterocycles. The molecule has 35 atom stereocenters. The Kier molecular flexibility index (Phi) is 53.7. The van der Waals surface area contributed by atoms with Crippen LogP contribution in [0.25, 0.3) is 0 Å². The summed E-state index contributed by atoms with van der Waals surface area (Å²) in [6, 6.07) is -24.8. The molecule has 20 amide bonds. The van der Waals surface area contributed by atoms with Gasteiger partial charge in [0.15, 0.2) is 25.2 Å². The van der Waals surface area contributed by atoms with Gasteiger partial charge in [0.2, 0.25) is 118 Å². The fourth-order valence-electron chi connectivity index (χ4n) is 15.3. The predicted molar refractivity (Wildman–Crippen MR) is 501 cm³/mol. The number of primary amides is 2. The second-order valence-electron chi connectivity index (χ2n) is 36.3. The quantitative estimate of drug-likeness (QED) is 0.0251. The summed E-state index contributed by atoms with van der Waals surface area (Å²) in [6.07, 6.45) is -33.7. The van der Waals surface area contributed by atoms with Gasteiger partial charge in [0.1, 0.15) is 182 Å². The summed E-state index contributed by atoms with van der Waals surface area (Å²) in [7, 11) is 0. The predicted octanol–water partition coefficient (Wildman–Crippen LogP) is -16.9. The zero-order valence-corrected chi connectivity index (χ0v) is 84.5. The van der Waals surface area contributed by atoms with Crippen molar-refractivity contribution >= 4 is 124 Å². The van der Waals surface area contributed by atoms with Crippen molar-refractivity contribution in [2.45, 2.75) is 381 Å². The number of aliphatic hydroxyl groups is 10. The van der Waals surface area contributed by atoms with Crippen LogP contribution < -0.4 is 113 Å². The molecule has 0 aromatic heterocycles. The molecule has 0 spiro atoms. The number of hydrogen-bond donors (Lipinski definition) is 32. The Balaban J connectivity index is 1.40. The molecule has 0 aromatic carbocycles. The molecule has 0 aromatic rings. The van der Waals surface area contributed by atoms with E-state index in [1.165, 1.54) is 41.5 Å². The lowest BCUT2D eigenvalue weighted by Gasteiger charge is -2.48. The number of aliphatic hydroxyl groups excluding tert-OH is 10. The number of amides is 20. The Morgan fingerprint density at radius 2 is 0.581 bits per heavy atom. The number of aliphatic carboxylic acids is 1. The molecule has 0 radical (unpaired) electrons. The van der Waals surface area contributed by atoms with Crippen LogP contribution in [0.3, 0.4) is 0 Å². The van der Waals surface area contributed by atoms with E-state index in [0.29, 0.717) is 0 Å². The Labute approximate surface area is 849 Å². The maximum atomic E-state index is 14.1. The SMILES string of the molecule is CC(=O)NC1C(OC2C(CO)OC(O)C(NC(C)=O)C2OC(C)C(=O)NC(C)C(=O)NC(CCC(=O)NC(CCCCNC(=O)C(C)NC(=O)C(C)NC(=O)C(C)NC(=O)C(CCCCNC(=O)C(C)NC(=O)C(C)N)NC(=O)CCC(NC(=O)C(C)NC(=O)C(C)OC2C(NC(C)=O)C(O)OC(CO)C2OC2OC(CO)C(O)C(O)C2NC(C)=O)C(N)=O)C(=O)NC(C)C(=O)NC(C)C(=O)O)C(N)=O)OC(CO)C(O)C1O. The lowest BCUT2D eigenvalue weighted by molar-refractivity contribution is -0.333. The van der Waals surface area contributed by atoms with Crippen LogP contribution in [0.5, 0.6) is 0 Å². The first kappa shape index (κ1) is 128. The van der Waals surface area contributed by atoms with Gasteiger partial charge in [0.05, 0.1) is 32.5 Å². The summed E-state index contributed by atoms with van der Waals surface area (Å²) >= 11 is 0. The minimum absolute atomic E-state index is 0.0107. The number of unbranched alkanes of at least 4 members (excludes halogenated alkanes) is 2. The topological polar surface area (TPSA) is 949 Å². The highest BCUT2D eigenvalue weighted by Crippen LogP contribution is 2.34. The van der Waals surface area contributed by atoms with E-state index in [2.05, 4.69) is 95.7 Å². The minimum Gasteiger partial charge on any atom is -0.480 e. The van der Waals surface area contributed by atoms with E-state index in [4.69, 9.17) is 55.1 Å². The third kappa shape index (κ3) is 40.5. The van der Waals surface area contributed by atoms with Crippen LogP contribution in [0.15, 0.2) is 0 Å². The smallest absolute Gasteiger partial charge is 0.325 e. The molecule has 0 bridgehead atoms. The summed E-state index contributed by atoms with van der Waals surface area (Å²) in [5, 5.41) is 159. The van der Waals surface area contributed by atoms with Gasteiger partial charge in [-0.15, -0.1) is 0 Å². The van der Waals surface area contributed by atoms with Crippen molar-refractivity contribution in [1.82, 2.24) is 95.7 Å². The first-order chi connectivity index (χ1) is 69.2. The summed E-state index contributed by atoms with van der Waals surface area (Å²) < 4.78 is 46.8. The number of carboxylic acids is 1. The molecule has 4 heterocycles. The van der Waals surface area contributed by atoms with Crippen molar-refractivity contribution in [2.24, 2.45) is 17.2 Å². The van der Waals surface area contributed by atoms with Gasteiger partial charge >= 0.3 is 5.97 Å². The summed E-state index contributed by atoms with van der Waals surface area (Å²) in [4.78, 5) is 276. The van der Waals surface area contributed by atoms with Gasteiger partial charge in [0, 0.05) is 53.6 Å². The second-order valence-corrected chi connectivity index (χ2v) is 36.3. The molecule has 4 fully saturated rings. The number of carbonyl (C=O) groups is 21. The Hall–Kier alpha value is -11.9. The van der Waals surface area contributed by atoms with E-state index < -0.39 is 390 Å². The highest BCUT2D eigenvalue weighted by Gasteiger charge is 2.56. The van der Waals surface area contributed by atoms with Gasteiger partial charge < -0.3 is 207 Å². The molecule has 35 unspecified atom stereocenters. The van der Waals surface area contributed by atoms with Gasteiger partial charge in [-0.05, 0) is 128 Å². The Morgan fingerprint density at radius 1 is 0.304 bits per heavy atom. The summed E-state index contributed by atoms with van der Waals surface area (Å²) in [5.74, 6) is -19.9. The largest absolute Gasteiger partial charge is 0.480 e. The maximum absolute atomic E-state index is 14.1. The number of carbonyl (C=O) groups excluding carboxylic acids is 20. The Morgan fingerprint density at radius 3 is 0.872 bits per heavy atom. The summed E-state index contributed by atoms with van der Waals surface area (Å²) in [5.41, 5.74) is 16.9. The van der Waals surface area contributed by atoms with Gasteiger partial charge in [-0.25, -0.2) is 0 Å². The van der Waals surface area contributed by atoms with Crippen LogP contribution >= 0.6 is 0 Å². The van der Waals surface area contributed by atoms with Gasteiger partial charge in [-0.2, -0.15) is 0 Å². The first-order valence-electron chi connectivity index (χ1n) is 47.8. The molecule has 4 saturated heterocycles. The first-order valence-corrected chi connectivity index (χ1v) is 47.8. The number of nitrogens with two attached hydrogens (primary N) is 3. The van der Waals surface area contributed by atoms with Crippen molar-refractivity contribution in [2.75, 3.05) is 39.5 Å². The van der Waals surface area contributed by atoms with Crippen molar-refractivity contribution in [1.29, 1.82) is 0 Å². The lowest BCUT2D eigenvalue weighted by atomic mass is 9.94. The van der Waals surface area contributed by atoms with Crippen LogP contribution in [0, 0.1) is 0 Å². The average Bonchev–Trinajstić information content (AvgIpc) is 0.773. The molecule has 61 nitrogen and oxygen atoms in total. The average molecular weight is 2130 g/mol. The van der Waals surface area contributed by atoms with Crippen LogP contribution in [0.1, 0.15) is 168 Å². The van der Waals surface area contributed by atoms with Gasteiger partial charge in [0.25, 0.3) is 0 Å².